The van der Waals surface area contributed by atoms with Gasteiger partial charge in [0.2, 0.25) is 0 Å². The Kier molecular flexibility index (Phi) is 3.98. The molecule has 0 saturated carbocycles. The van der Waals surface area contributed by atoms with Crippen LogP contribution in [0.4, 0.5) is 4.39 Å². The molecule has 0 aliphatic carbocycles. The second-order valence-corrected chi connectivity index (χ2v) is 6.52. The van der Waals surface area contributed by atoms with E-state index in [1.54, 1.807) is 30.4 Å². The van der Waals surface area contributed by atoms with Crippen molar-refractivity contribution in [2.75, 3.05) is 5.75 Å². The standard InChI is InChI=1S/C15H11FN2OS2/c1-9(19)7-20-15-14-12(17-8-18-15)6-13(21-14)10-2-4-11(16)5-3-10/h2-6,8H,7H2,1H3. The number of carbonyl (C=O) groups excluding carboxylic acids is 1. The number of ketones is 1. The second kappa shape index (κ2) is 5.91. The molecular weight excluding hydrogens is 307 g/mol. The Bertz CT molecular complexity index is 799. The van der Waals surface area contributed by atoms with E-state index in [0.29, 0.717) is 5.75 Å². The van der Waals surface area contributed by atoms with Crippen LogP contribution in [0.3, 0.4) is 0 Å². The lowest BCUT2D eigenvalue weighted by molar-refractivity contribution is -0.114. The Balaban J connectivity index is 2.01. The molecule has 3 nitrogen and oxygen atoms in total. The molecule has 1 aromatic carbocycles. The van der Waals surface area contributed by atoms with E-state index < -0.39 is 0 Å². The fraction of sp³-hybridized carbons (Fsp3) is 0.133. The molecule has 0 aliphatic rings. The highest BCUT2D eigenvalue weighted by Gasteiger charge is 2.11. The largest absolute Gasteiger partial charge is 0.299 e. The molecule has 2 heterocycles. The van der Waals surface area contributed by atoms with Crippen LogP contribution in [-0.4, -0.2) is 21.5 Å². The van der Waals surface area contributed by atoms with Crippen LogP contribution in [0.15, 0.2) is 41.7 Å². The van der Waals surface area contributed by atoms with E-state index in [9.17, 15) is 9.18 Å². The van der Waals surface area contributed by atoms with E-state index in [2.05, 4.69) is 9.97 Å². The molecule has 3 rings (SSSR count). The first-order valence-corrected chi connectivity index (χ1v) is 8.06. The zero-order chi connectivity index (χ0) is 14.8. The van der Waals surface area contributed by atoms with Gasteiger partial charge in [-0.15, -0.1) is 11.3 Å². The van der Waals surface area contributed by atoms with Crippen molar-refractivity contribution in [3.8, 4) is 10.4 Å². The lowest BCUT2D eigenvalue weighted by Crippen LogP contribution is -1.94. The second-order valence-electron chi connectivity index (χ2n) is 4.50. The third-order valence-corrected chi connectivity index (χ3v) is 5.26. The number of hydrogen-bond donors (Lipinski definition) is 0. The van der Waals surface area contributed by atoms with Crippen LogP contribution >= 0.6 is 23.1 Å². The molecule has 6 heteroatoms. The van der Waals surface area contributed by atoms with Gasteiger partial charge in [0.1, 0.15) is 23.0 Å². The molecule has 0 radical (unpaired) electrons. The maximum atomic E-state index is 13.0. The molecule has 0 amide bonds. The lowest BCUT2D eigenvalue weighted by Gasteiger charge is -1.98. The van der Waals surface area contributed by atoms with Gasteiger partial charge in [-0.3, -0.25) is 4.79 Å². The minimum absolute atomic E-state index is 0.113. The van der Waals surface area contributed by atoms with Crippen molar-refractivity contribution in [3.05, 3.63) is 42.5 Å². The van der Waals surface area contributed by atoms with Gasteiger partial charge >= 0.3 is 0 Å². The minimum Gasteiger partial charge on any atom is -0.299 e. The predicted octanol–water partition coefficient (Wildman–Crippen LogP) is 4.18. The number of nitrogens with zero attached hydrogens (tertiary/aromatic N) is 2. The molecule has 0 saturated heterocycles. The number of carbonyl (C=O) groups is 1. The summed E-state index contributed by atoms with van der Waals surface area (Å²) >= 11 is 2.97. The molecule has 0 fully saturated rings. The number of thioether (sulfide) groups is 1. The van der Waals surface area contributed by atoms with Gasteiger partial charge in [-0.25, -0.2) is 14.4 Å². The van der Waals surface area contributed by atoms with Crippen LogP contribution in [0, 0.1) is 5.82 Å². The number of benzene rings is 1. The summed E-state index contributed by atoms with van der Waals surface area (Å²) in [6.07, 6.45) is 1.51. The summed E-state index contributed by atoms with van der Waals surface area (Å²) in [5, 5.41) is 0.813. The van der Waals surface area contributed by atoms with Crippen LogP contribution in [0.1, 0.15) is 6.92 Å². The van der Waals surface area contributed by atoms with Crippen molar-refractivity contribution >= 4 is 39.1 Å². The summed E-state index contributed by atoms with van der Waals surface area (Å²) in [7, 11) is 0. The highest BCUT2D eigenvalue weighted by atomic mass is 32.2. The average Bonchev–Trinajstić information content (AvgIpc) is 2.90. The van der Waals surface area contributed by atoms with Gasteiger partial charge in [0, 0.05) is 4.88 Å². The Morgan fingerprint density at radius 2 is 2.05 bits per heavy atom. The smallest absolute Gasteiger partial charge is 0.140 e. The Labute approximate surface area is 129 Å². The normalized spacial score (nSPS) is 11.0. The van der Waals surface area contributed by atoms with E-state index in [0.717, 1.165) is 25.7 Å². The fourth-order valence-electron chi connectivity index (χ4n) is 1.86. The van der Waals surface area contributed by atoms with E-state index in [-0.39, 0.29) is 11.6 Å². The number of Topliss-reactive ketones (excluding diaryl/α,β-unsaturated/α-hetero) is 1. The molecule has 3 aromatic rings. The van der Waals surface area contributed by atoms with E-state index >= 15 is 0 Å². The molecule has 0 unspecified atom stereocenters. The summed E-state index contributed by atoms with van der Waals surface area (Å²) < 4.78 is 14.0. The van der Waals surface area contributed by atoms with Gasteiger partial charge < -0.3 is 0 Å². The maximum Gasteiger partial charge on any atom is 0.140 e. The van der Waals surface area contributed by atoms with Gasteiger partial charge in [-0.1, -0.05) is 23.9 Å². The van der Waals surface area contributed by atoms with E-state index in [4.69, 9.17) is 0 Å². The molecule has 0 bridgehead atoms. The van der Waals surface area contributed by atoms with Crippen LogP contribution < -0.4 is 0 Å². The minimum atomic E-state index is -0.252. The van der Waals surface area contributed by atoms with Gasteiger partial charge in [0.05, 0.1) is 16.0 Å². The molecule has 0 atom stereocenters. The molecule has 2 aromatic heterocycles. The third-order valence-electron chi connectivity index (χ3n) is 2.82. The van der Waals surface area contributed by atoms with Gasteiger partial charge in [0.25, 0.3) is 0 Å². The van der Waals surface area contributed by atoms with E-state index in [1.165, 1.54) is 30.2 Å². The number of fused-ring (bicyclic) bond motifs is 1. The molecule has 0 spiro atoms. The van der Waals surface area contributed by atoms with Crippen molar-refractivity contribution in [1.82, 2.24) is 9.97 Å². The summed E-state index contributed by atoms with van der Waals surface area (Å²) in [5.74, 6) is 0.259. The van der Waals surface area contributed by atoms with E-state index in [1.807, 2.05) is 6.07 Å². The Hall–Kier alpha value is -1.79. The van der Waals surface area contributed by atoms with Crippen LogP contribution in [0.25, 0.3) is 20.7 Å². The number of rotatable bonds is 4. The fourth-order valence-corrected chi connectivity index (χ4v) is 3.86. The Morgan fingerprint density at radius 3 is 2.76 bits per heavy atom. The Morgan fingerprint density at radius 1 is 1.29 bits per heavy atom. The lowest BCUT2D eigenvalue weighted by atomic mass is 10.2. The monoisotopic (exact) mass is 318 g/mol. The van der Waals surface area contributed by atoms with Gasteiger partial charge in [-0.05, 0) is 30.7 Å². The summed E-state index contributed by atoms with van der Waals surface area (Å²) in [6.45, 7) is 1.56. The summed E-state index contributed by atoms with van der Waals surface area (Å²) in [5.41, 5.74) is 1.79. The quantitative estimate of drug-likeness (QED) is 0.535. The highest BCUT2D eigenvalue weighted by Crippen LogP contribution is 2.36. The number of aromatic nitrogens is 2. The predicted molar refractivity (Wildman–Crippen MR) is 84.2 cm³/mol. The van der Waals surface area contributed by atoms with Crippen molar-refractivity contribution in [1.29, 1.82) is 0 Å². The molecular formula is C15H11FN2OS2. The summed E-state index contributed by atoms with van der Waals surface area (Å²) in [4.78, 5) is 20.6. The first-order valence-electron chi connectivity index (χ1n) is 6.26. The molecule has 0 N–H and O–H groups in total. The van der Waals surface area contributed by atoms with Crippen LogP contribution in [0.5, 0.6) is 0 Å². The first-order chi connectivity index (χ1) is 10.1. The zero-order valence-corrected chi connectivity index (χ0v) is 12.8. The SMILES string of the molecule is CC(=O)CSc1ncnc2cc(-c3ccc(F)cc3)sc12. The van der Waals surface area contributed by atoms with Crippen molar-refractivity contribution in [2.45, 2.75) is 11.9 Å². The third kappa shape index (κ3) is 3.11. The van der Waals surface area contributed by atoms with Crippen LogP contribution in [-0.2, 0) is 4.79 Å². The zero-order valence-electron chi connectivity index (χ0n) is 11.2. The highest BCUT2D eigenvalue weighted by molar-refractivity contribution is 8.00. The summed E-state index contributed by atoms with van der Waals surface area (Å²) in [6, 6.07) is 8.34. The van der Waals surface area contributed by atoms with Crippen LogP contribution in [0.2, 0.25) is 0 Å². The van der Waals surface area contributed by atoms with Crippen molar-refractivity contribution in [3.63, 3.8) is 0 Å². The number of thiophene rings is 1. The van der Waals surface area contributed by atoms with Gasteiger partial charge in [0.15, 0.2) is 0 Å². The number of halogens is 1. The topological polar surface area (TPSA) is 42.9 Å². The maximum absolute atomic E-state index is 13.0. The molecule has 21 heavy (non-hydrogen) atoms. The first kappa shape index (κ1) is 14.2. The van der Waals surface area contributed by atoms with Gasteiger partial charge in [-0.2, -0.15) is 0 Å². The van der Waals surface area contributed by atoms with Crippen molar-refractivity contribution in [2.24, 2.45) is 0 Å². The molecule has 0 aliphatic heterocycles. The van der Waals surface area contributed by atoms with Crippen molar-refractivity contribution < 1.29 is 9.18 Å². The average molecular weight is 318 g/mol. The number of hydrogen-bond acceptors (Lipinski definition) is 5. The molecule has 106 valence electrons.